The Labute approximate surface area is 56.3 Å². The van der Waals surface area contributed by atoms with Crippen LogP contribution in [0.2, 0.25) is 0 Å². The zero-order chi connectivity index (χ0) is 7.65. The highest BCUT2D eigenvalue weighted by Crippen LogP contribution is 2.08. The molecule has 4 heteroatoms. The second-order valence-corrected chi connectivity index (χ2v) is 4.33. The zero-order valence-electron chi connectivity index (χ0n) is 5.88. The van der Waals surface area contributed by atoms with Crippen molar-refractivity contribution in [3.63, 3.8) is 0 Å². The van der Waals surface area contributed by atoms with Crippen LogP contribution in [0.1, 0.15) is 20.8 Å². The molecule has 0 aromatic rings. The van der Waals surface area contributed by atoms with Gasteiger partial charge in [-0.2, -0.15) is 0 Å². The SMILES string of the molecule is CC(C)C(C)S([NH])(=O)=O. The lowest BCUT2D eigenvalue weighted by Crippen LogP contribution is -2.23. The third-order valence-electron chi connectivity index (χ3n) is 1.43. The Morgan fingerprint density at radius 2 is 1.56 bits per heavy atom. The van der Waals surface area contributed by atoms with Crippen LogP contribution in [0.4, 0.5) is 0 Å². The van der Waals surface area contributed by atoms with Crippen molar-refractivity contribution >= 4 is 10.0 Å². The zero-order valence-corrected chi connectivity index (χ0v) is 6.70. The molecule has 55 valence electrons. The fourth-order valence-electron chi connectivity index (χ4n) is 0.358. The molecule has 0 saturated heterocycles. The van der Waals surface area contributed by atoms with Gasteiger partial charge in [0.15, 0.2) is 0 Å². The largest absolute Gasteiger partial charge is 0.228 e. The van der Waals surface area contributed by atoms with E-state index in [0.29, 0.717) is 0 Å². The summed E-state index contributed by atoms with van der Waals surface area (Å²) in [5, 5.41) is 6.10. The van der Waals surface area contributed by atoms with E-state index in [1.807, 2.05) is 0 Å². The van der Waals surface area contributed by atoms with E-state index in [2.05, 4.69) is 0 Å². The average Bonchev–Trinajstić information content (AvgIpc) is 1.62. The van der Waals surface area contributed by atoms with Gasteiger partial charge in [-0.25, -0.2) is 8.42 Å². The molecular formula is C5H12NO2S. The molecule has 0 aliphatic carbocycles. The molecule has 0 bridgehead atoms. The number of rotatable bonds is 2. The molecule has 0 aromatic heterocycles. The molecule has 0 aliphatic heterocycles. The maximum Gasteiger partial charge on any atom is 0.228 e. The Morgan fingerprint density at radius 3 is 1.56 bits per heavy atom. The first-order valence-corrected chi connectivity index (χ1v) is 4.38. The Bertz CT molecular complexity index is 171. The van der Waals surface area contributed by atoms with E-state index in [-0.39, 0.29) is 5.92 Å². The standard InChI is InChI=1S/C5H12NO2S/c1-4(2)5(3)9(6,7)8/h4-6H,1-3H3. The summed E-state index contributed by atoms with van der Waals surface area (Å²) in [6.45, 7) is 5.13. The van der Waals surface area contributed by atoms with E-state index in [0.717, 1.165) is 0 Å². The summed E-state index contributed by atoms with van der Waals surface area (Å²) in [7, 11) is -3.55. The van der Waals surface area contributed by atoms with Gasteiger partial charge < -0.3 is 0 Å². The van der Waals surface area contributed by atoms with Crippen LogP contribution in [-0.2, 0) is 10.0 Å². The summed E-state index contributed by atoms with van der Waals surface area (Å²) in [4.78, 5) is 0. The van der Waals surface area contributed by atoms with Crippen molar-refractivity contribution in [1.29, 1.82) is 0 Å². The molecule has 1 atom stereocenters. The normalized spacial score (nSPS) is 16.1. The van der Waals surface area contributed by atoms with Gasteiger partial charge in [-0.15, -0.1) is 5.14 Å². The topological polar surface area (TPSA) is 57.9 Å². The summed E-state index contributed by atoms with van der Waals surface area (Å²) in [6, 6.07) is 0. The molecular weight excluding hydrogens is 138 g/mol. The highest BCUT2D eigenvalue weighted by molar-refractivity contribution is 7.89. The van der Waals surface area contributed by atoms with Crippen molar-refractivity contribution in [2.45, 2.75) is 26.0 Å². The Hall–Kier alpha value is -0.0900. The van der Waals surface area contributed by atoms with Gasteiger partial charge in [0, 0.05) is 0 Å². The van der Waals surface area contributed by atoms with Gasteiger partial charge in [-0.1, -0.05) is 13.8 Å². The van der Waals surface area contributed by atoms with Gasteiger partial charge >= 0.3 is 0 Å². The van der Waals surface area contributed by atoms with Gasteiger partial charge in [0.05, 0.1) is 5.25 Å². The van der Waals surface area contributed by atoms with E-state index in [4.69, 9.17) is 5.14 Å². The van der Waals surface area contributed by atoms with Crippen molar-refractivity contribution < 1.29 is 8.42 Å². The Balaban J connectivity index is 4.24. The molecule has 0 aromatic carbocycles. The van der Waals surface area contributed by atoms with Crippen LogP contribution in [0, 0.1) is 5.92 Å². The van der Waals surface area contributed by atoms with E-state index in [9.17, 15) is 8.42 Å². The monoisotopic (exact) mass is 150 g/mol. The van der Waals surface area contributed by atoms with Gasteiger partial charge in [0.25, 0.3) is 0 Å². The van der Waals surface area contributed by atoms with Crippen LogP contribution in [0.5, 0.6) is 0 Å². The smallest absolute Gasteiger partial charge is 0.211 e. The lowest BCUT2D eigenvalue weighted by molar-refractivity contribution is 0.546. The Kier molecular flexibility index (Phi) is 2.64. The minimum atomic E-state index is -3.55. The maximum absolute atomic E-state index is 10.4. The molecule has 1 unspecified atom stereocenters. The second-order valence-electron chi connectivity index (χ2n) is 2.49. The lowest BCUT2D eigenvalue weighted by Gasteiger charge is -2.10. The van der Waals surface area contributed by atoms with Crippen molar-refractivity contribution in [3.05, 3.63) is 0 Å². The van der Waals surface area contributed by atoms with Crippen LogP contribution in [0.3, 0.4) is 0 Å². The molecule has 0 saturated carbocycles. The van der Waals surface area contributed by atoms with Crippen LogP contribution in [0.25, 0.3) is 0 Å². The molecule has 1 N–H and O–H groups in total. The lowest BCUT2D eigenvalue weighted by atomic mass is 10.2. The summed E-state index contributed by atoms with van der Waals surface area (Å²) in [6.07, 6.45) is 0. The van der Waals surface area contributed by atoms with E-state index >= 15 is 0 Å². The molecule has 0 amide bonds. The molecule has 0 rings (SSSR count). The van der Waals surface area contributed by atoms with Gasteiger partial charge in [-0.05, 0) is 12.8 Å². The number of hydrogen-bond acceptors (Lipinski definition) is 2. The number of hydrogen-bond donors (Lipinski definition) is 0. The molecule has 1 radical (unpaired) electrons. The number of nitrogens with one attached hydrogen (secondary N) is 1. The average molecular weight is 150 g/mol. The van der Waals surface area contributed by atoms with Gasteiger partial charge in [-0.3, -0.25) is 0 Å². The molecule has 0 fully saturated rings. The minimum absolute atomic E-state index is 0.0347. The van der Waals surface area contributed by atoms with Crippen LogP contribution >= 0.6 is 0 Å². The first-order valence-electron chi connectivity index (χ1n) is 2.84. The van der Waals surface area contributed by atoms with Crippen molar-refractivity contribution in [2.75, 3.05) is 0 Å². The molecule has 9 heavy (non-hydrogen) atoms. The van der Waals surface area contributed by atoms with Crippen LogP contribution in [-0.4, -0.2) is 13.7 Å². The van der Waals surface area contributed by atoms with Crippen LogP contribution < -0.4 is 5.14 Å². The van der Waals surface area contributed by atoms with Gasteiger partial charge in [0.2, 0.25) is 10.0 Å². The minimum Gasteiger partial charge on any atom is -0.211 e. The third-order valence-corrected chi connectivity index (χ3v) is 2.95. The van der Waals surface area contributed by atoms with Gasteiger partial charge in [0.1, 0.15) is 0 Å². The third kappa shape index (κ3) is 2.81. The predicted octanol–water partition coefficient (Wildman–Crippen LogP) is 0.644. The molecule has 3 nitrogen and oxygen atoms in total. The highest BCUT2D eigenvalue weighted by Gasteiger charge is 2.19. The first kappa shape index (κ1) is 8.91. The molecule has 0 heterocycles. The van der Waals surface area contributed by atoms with Crippen molar-refractivity contribution in [3.8, 4) is 0 Å². The van der Waals surface area contributed by atoms with E-state index < -0.39 is 15.3 Å². The van der Waals surface area contributed by atoms with E-state index in [1.54, 1.807) is 20.8 Å². The highest BCUT2D eigenvalue weighted by atomic mass is 32.2. The predicted molar refractivity (Wildman–Crippen MR) is 36.3 cm³/mol. The molecule has 0 aliphatic rings. The van der Waals surface area contributed by atoms with Crippen LogP contribution in [0.15, 0.2) is 0 Å². The Morgan fingerprint density at radius 1 is 1.22 bits per heavy atom. The fourth-order valence-corrected chi connectivity index (χ4v) is 1.07. The molecule has 0 spiro atoms. The maximum atomic E-state index is 10.4. The van der Waals surface area contributed by atoms with Crippen molar-refractivity contribution in [1.82, 2.24) is 5.14 Å². The first-order chi connectivity index (χ1) is 3.85. The fraction of sp³-hybridized carbons (Fsp3) is 1.00. The quantitative estimate of drug-likeness (QED) is 0.580. The summed E-state index contributed by atoms with van der Waals surface area (Å²) in [5.74, 6) is 0.0347. The second kappa shape index (κ2) is 2.66. The van der Waals surface area contributed by atoms with Crippen molar-refractivity contribution in [2.24, 2.45) is 5.92 Å². The van der Waals surface area contributed by atoms with E-state index in [1.165, 1.54) is 0 Å². The summed E-state index contributed by atoms with van der Waals surface area (Å²) in [5.41, 5.74) is 0. The number of sulfonamides is 1. The summed E-state index contributed by atoms with van der Waals surface area (Å²) < 4.78 is 20.9. The summed E-state index contributed by atoms with van der Waals surface area (Å²) >= 11 is 0.